The largest absolute Gasteiger partial charge is 0.359 e. The van der Waals surface area contributed by atoms with Crippen molar-refractivity contribution in [1.29, 1.82) is 0 Å². The lowest BCUT2D eigenvalue weighted by Gasteiger charge is -2.03. The van der Waals surface area contributed by atoms with Crippen LogP contribution in [-0.4, -0.2) is 13.0 Å². The van der Waals surface area contributed by atoms with Gasteiger partial charge in [-0.25, -0.2) is 0 Å². The first-order valence-electron chi connectivity index (χ1n) is 4.94. The number of carbonyl (C=O) groups is 1. The fourth-order valence-electron chi connectivity index (χ4n) is 0.432. The molecule has 2 nitrogen and oxygen atoms in total. The third kappa shape index (κ3) is 12.2. The molecular formula is C10H25NO. The number of carbonyl (C=O) groups excluding carboxylic acids is 1. The Morgan fingerprint density at radius 3 is 1.67 bits per heavy atom. The van der Waals surface area contributed by atoms with Gasteiger partial charge in [-0.3, -0.25) is 4.79 Å². The Bertz CT molecular complexity index is 81.9. The van der Waals surface area contributed by atoms with Crippen LogP contribution < -0.4 is 5.32 Å². The maximum Gasteiger partial charge on any atom is 0.222 e. The van der Waals surface area contributed by atoms with Crippen LogP contribution in [0.1, 0.15) is 48.0 Å². The smallest absolute Gasteiger partial charge is 0.222 e. The molecule has 2 heteroatoms. The summed E-state index contributed by atoms with van der Waals surface area (Å²) in [6, 6.07) is 0. The van der Waals surface area contributed by atoms with E-state index < -0.39 is 0 Å². The zero-order valence-electron chi connectivity index (χ0n) is 9.69. The lowest BCUT2D eigenvalue weighted by Crippen LogP contribution is -2.24. The van der Waals surface area contributed by atoms with Gasteiger partial charge in [0.2, 0.25) is 5.91 Å². The van der Waals surface area contributed by atoms with Gasteiger partial charge in [0.15, 0.2) is 0 Å². The Labute approximate surface area is 77.7 Å². The molecule has 0 saturated carbocycles. The SMILES string of the molecule is CC.CC.CCC(C)C(=O)NC. The second kappa shape index (κ2) is 16.8. The molecule has 1 N–H and O–H groups in total. The van der Waals surface area contributed by atoms with Gasteiger partial charge < -0.3 is 5.32 Å². The average Bonchev–Trinajstić information content (AvgIpc) is 2.21. The molecule has 12 heavy (non-hydrogen) atoms. The number of amides is 1. The number of rotatable bonds is 2. The highest BCUT2D eigenvalue weighted by Gasteiger charge is 2.05. The predicted octanol–water partition coefficient (Wildman–Crippen LogP) is 2.83. The molecule has 0 aliphatic rings. The van der Waals surface area contributed by atoms with Crippen molar-refractivity contribution in [3.63, 3.8) is 0 Å². The van der Waals surface area contributed by atoms with E-state index in [1.165, 1.54) is 0 Å². The first-order valence-corrected chi connectivity index (χ1v) is 4.94. The molecule has 0 aromatic rings. The van der Waals surface area contributed by atoms with E-state index >= 15 is 0 Å². The molecule has 0 radical (unpaired) electrons. The van der Waals surface area contributed by atoms with E-state index in [0.717, 1.165) is 6.42 Å². The summed E-state index contributed by atoms with van der Waals surface area (Å²) in [6.07, 6.45) is 0.916. The van der Waals surface area contributed by atoms with Crippen molar-refractivity contribution < 1.29 is 4.79 Å². The highest BCUT2D eigenvalue weighted by Crippen LogP contribution is 1.97. The number of nitrogens with one attached hydrogen (secondary N) is 1. The molecular weight excluding hydrogens is 150 g/mol. The van der Waals surface area contributed by atoms with Crippen LogP contribution in [0.25, 0.3) is 0 Å². The molecule has 0 fully saturated rings. The third-order valence-electron chi connectivity index (χ3n) is 1.31. The lowest BCUT2D eigenvalue weighted by molar-refractivity contribution is -0.124. The first kappa shape index (κ1) is 17.5. The van der Waals surface area contributed by atoms with Crippen molar-refractivity contribution >= 4 is 5.91 Å². The second-order valence-electron chi connectivity index (χ2n) is 1.92. The van der Waals surface area contributed by atoms with Gasteiger partial charge in [0.05, 0.1) is 0 Å². The fraction of sp³-hybridized carbons (Fsp3) is 0.900. The summed E-state index contributed by atoms with van der Waals surface area (Å²) >= 11 is 0. The molecule has 1 amide bonds. The Morgan fingerprint density at radius 2 is 1.58 bits per heavy atom. The van der Waals surface area contributed by atoms with Crippen molar-refractivity contribution in [3.05, 3.63) is 0 Å². The zero-order chi connectivity index (χ0) is 10.6. The maximum absolute atomic E-state index is 10.6. The molecule has 0 spiro atoms. The Hall–Kier alpha value is -0.530. The minimum absolute atomic E-state index is 0.132. The molecule has 0 saturated heterocycles. The summed E-state index contributed by atoms with van der Waals surface area (Å²) in [7, 11) is 1.66. The highest BCUT2D eigenvalue weighted by molar-refractivity contribution is 5.77. The fourth-order valence-corrected chi connectivity index (χ4v) is 0.432. The van der Waals surface area contributed by atoms with E-state index in [9.17, 15) is 4.79 Å². The molecule has 1 atom stereocenters. The van der Waals surface area contributed by atoms with Crippen LogP contribution >= 0.6 is 0 Å². The van der Waals surface area contributed by atoms with E-state index in [2.05, 4.69) is 5.32 Å². The van der Waals surface area contributed by atoms with Crippen LogP contribution in [-0.2, 0) is 4.79 Å². The van der Waals surface area contributed by atoms with Crippen molar-refractivity contribution in [3.8, 4) is 0 Å². The summed E-state index contributed by atoms with van der Waals surface area (Å²) in [4.78, 5) is 10.6. The van der Waals surface area contributed by atoms with Gasteiger partial charge in [-0.05, 0) is 6.42 Å². The average molecular weight is 175 g/mol. The van der Waals surface area contributed by atoms with E-state index in [-0.39, 0.29) is 11.8 Å². The molecule has 0 aliphatic carbocycles. The molecule has 0 aromatic heterocycles. The van der Waals surface area contributed by atoms with Gasteiger partial charge in [0.1, 0.15) is 0 Å². The Morgan fingerprint density at radius 1 is 1.25 bits per heavy atom. The van der Waals surface area contributed by atoms with Gasteiger partial charge in [-0.1, -0.05) is 41.5 Å². The van der Waals surface area contributed by atoms with E-state index in [0.29, 0.717) is 0 Å². The number of hydrogen-bond acceptors (Lipinski definition) is 1. The molecule has 0 heterocycles. The van der Waals surface area contributed by atoms with Gasteiger partial charge in [-0.2, -0.15) is 0 Å². The quantitative estimate of drug-likeness (QED) is 0.687. The lowest BCUT2D eigenvalue weighted by atomic mass is 10.1. The van der Waals surface area contributed by atoms with Crippen LogP contribution in [0.5, 0.6) is 0 Å². The Kier molecular flexibility index (Phi) is 24.6. The van der Waals surface area contributed by atoms with Crippen LogP contribution in [0.3, 0.4) is 0 Å². The minimum Gasteiger partial charge on any atom is -0.359 e. The third-order valence-corrected chi connectivity index (χ3v) is 1.31. The van der Waals surface area contributed by atoms with E-state index in [4.69, 9.17) is 0 Å². The summed E-state index contributed by atoms with van der Waals surface area (Å²) in [5.74, 6) is 0.299. The van der Waals surface area contributed by atoms with E-state index in [1.54, 1.807) is 7.05 Å². The summed E-state index contributed by atoms with van der Waals surface area (Å²) in [6.45, 7) is 11.9. The maximum atomic E-state index is 10.6. The van der Waals surface area contributed by atoms with E-state index in [1.807, 2.05) is 41.5 Å². The number of hydrogen-bond donors (Lipinski definition) is 1. The first-order chi connectivity index (χ1) is 5.72. The van der Waals surface area contributed by atoms with Gasteiger partial charge in [0, 0.05) is 13.0 Å². The van der Waals surface area contributed by atoms with Gasteiger partial charge in [-0.15, -0.1) is 0 Å². The van der Waals surface area contributed by atoms with Crippen LogP contribution in [0.15, 0.2) is 0 Å². The second-order valence-corrected chi connectivity index (χ2v) is 1.92. The van der Waals surface area contributed by atoms with Crippen LogP contribution in [0, 0.1) is 5.92 Å². The van der Waals surface area contributed by atoms with Crippen molar-refractivity contribution in [2.24, 2.45) is 5.92 Å². The van der Waals surface area contributed by atoms with Gasteiger partial charge >= 0.3 is 0 Å². The molecule has 0 aromatic carbocycles. The monoisotopic (exact) mass is 175 g/mol. The molecule has 0 aliphatic heterocycles. The van der Waals surface area contributed by atoms with Gasteiger partial charge in [0.25, 0.3) is 0 Å². The summed E-state index contributed by atoms with van der Waals surface area (Å²) in [5.41, 5.74) is 0. The normalized spacial score (nSPS) is 9.58. The molecule has 0 rings (SSSR count). The standard InChI is InChI=1S/C6H13NO.2C2H6/c1-4-5(2)6(8)7-3;2*1-2/h5H,4H2,1-3H3,(H,7,8);2*1-2H3. The van der Waals surface area contributed by atoms with Crippen LogP contribution in [0.4, 0.5) is 0 Å². The van der Waals surface area contributed by atoms with Crippen molar-refractivity contribution in [2.45, 2.75) is 48.0 Å². The van der Waals surface area contributed by atoms with Crippen molar-refractivity contribution in [1.82, 2.24) is 5.32 Å². The molecule has 1 unspecified atom stereocenters. The van der Waals surface area contributed by atoms with Crippen LogP contribution in [0.2, 0.25) is 0 Å². The van der Waals surface area contributed by atoms with Crippen molar-refractivity contribution in [2.75, 3.05) is 7.05 Å². The summed E-state index contributed by atoms with van der Waals surface area (Å²) < 4.78 is 0. The molecule has 0 bridgehead atoms. The minimum atomic E-state index is 0.132. The molecule has 76 valence electrons. The predicted molar refractivity (Wildman–Crippen MR) is 56.2 cm³/mol. The summed E-state index contributed by atoms with van der Waals surface area (Å²) in [5, 5.41) is 2.58. The topological polar surface area (TPSA) is 29.1 Å². The Balaban J connectivity index is -0.000000175. The highest BCUT2D eigenvalue weighted by atomic mass is 16.1. The zero-order valence-corrected chi connectivity index (χ0v) is 9.69.